The molecule has 4 atom stereocenters. The maximum absolute atomic E-state index is 12.1. The van der Waals surface area contributed by atoms with E-state index in [0.717, 1.165) is 25.2 Å². The molecule has 3 rings (SSSR count). The largest absolute Gasteiger partial charge is 0.497 e. The first-order valence-corrected chi connectivity index (χ1v) is 6.35. The summed E-state index contributed by atoms with van der Waals surface area (Å²) in [5.41, 5.74) is 7.21. The van der Waals surface area contributed by atoms with Gasteiger partial charge in [0.15, 0.2) is 5.78 Å². The van der Waals surface area contributed by atoms with Crippen LogP contribution in [0.1, 0.15) is 26.7 Å². The van der Waals surface area contributed by atoms with Crippen LogP contribution in [-0.2, 0) is 9.53 Å². The van der Waals surface area contributed by atoms with Crippen molar-refractivity contribution < 1.29 is 9.53 Å². The molecule has 0 saturated carbocycles. The third-order valence-corrected chi connectivity index (χ3v) is 4.74. The Balaban J connectivity index is 2.01. The molecule has 0 radical (unpaired) electrons. The molecule has 3 nitrogen and oxygen atoms in total. The van der Waals surface area contributed by atoms with Gasteiger partial charge in [-0.2, -0.15) is 0 Å². The average molecular weight is 233 g/mol. The van der Waals surface area contributed by atoms with Gasteiger partial charge in [-0.05, 0) is 24.0 Å². The van der Waals surface area contributed by atoms with Crippen molar-refractivity contribution in [2.45, 2.75) is 32.7 Å². The molecule has 0 bridgehead atoms. The molecule has 3 heteroatoms. The van der Waals surface area contributed by atoms with Gasteiger partial charge in [0, 0.05) is 23.8 Å². The predicted molar refractivity (Wildman–Crippen MR) is 65.1 cm³/mol. The summed E-state index contributed by atoms with van der Waals surface area (Å²) < 4.78 is 5.73. The second-order valence-corrected chi connectivity index (χ2v) is 5.87. The van der Waals surface area contributed by atoms with Crippen molar-refractivity contribution >= 4 is 5.78 Å². The molecule has 2 aliphatic carbocycles. The summed E-state index contributed by atoms with van der Waals surface area (Å²) in [5, 5.41) is 0. The molecule has 0 aromatic heterocycles. The molecular weight excluding hydrogens is 214 g/mol. The number of ether oxygens (including phenoxy) is 1. The van der Waals surface area contributed by atoms with Crippen molar-refractivity contribution in [1.82, 2.24) is 0 Å². The van der Waals surface area contributed by atoms with Gasteiger partial charge < -0.3 is 10.5 Å². The molecule has 0 fully saturated rings. The number of carbonyl (C=O) groups excluding carboxylic acids is 1. The number of carbonyl (C=O) groups is 1. The monoisotopic (exact) mass is 233 g/mol. The number of hydrogen-bond donors (Lipinski definition) is 1. The Morgan fingerprint density at radius 1 is 1.53 bits per heavy atom. The van der Waals surface area contributed by atoms with E-state index in [4.69, 9.17) is 10.5 Å². The maximum atomic E-state index is 12.1. The maximum Gasteiger partial charge on any atom is 0.162 e. The Hall–Kier alpha value is -1.09. The number of fused-ring (bicyclic) bond motifs is 1. The highest BCUT2D eigenvalue weighted by molar-refractivity contribution is 5.96. The molecule has 0 aromatic rings. The zero-order valence-electron chi connectivity index (χ0n) is 10.4. The highest BCUT2D eigenvalue weighted by atomic mass is 16.5. The Bertz CT molecular complexity index is 438. The van der Waals surface area contributed by atoms with Crippen molar-refractivity contribution in [3.05, 3.63) is 23.5 Å². The Morgan fingerprint density at radius 3 is 3.06 bits per heavy atom. The van der Waals surface area contributed by atoms with Crippen LogP contribution in [0.15, 0.2) is 23.5 Å². The normalized spacial score (nSPS) is 44.4. The van der Waals surface area contributed by atoms with E-state index in [2.05, 4.69) is 6.92 Å². The highest BCUT2D eigenvalue weighted by Crippen LogP contribution is 2.51. The lowest BCUT2D eigenvalue weighted by Crippen LogP contribution is -2.49. The smallest absolute Gasteiger partial charge is 0.162 e. The standard InChI is InChI=1S/C14H19NO2/c1-8-7-17-12-6-14(2)10(5-9(8)12)11(15)3-4-13(14)16/h3-4,8,10-11H,5-7,15H2,1-2H3/t8?,10-,11+,14+/m0/s1. The molecule has 2 N–H and O–H groups in total. The third kappa shape index (κ3) is 1.41. The number of hydrogen-bond acceptors (Lipinski definition) is 3. The quantitative estimate of drug-likeness (QED) is 0.694. The summed E-state index contributed by atoms with van der Waals surface area (Å²) in [6.07, 6.45) is 5.17. The van der Waals surface area contributed by atoms with Gasteiger partial charge in [-0.1, -0.05) is 19.9 Å². The summed E-state index contributed by atoms with van der Waals surface area (Å²) in [7, 11) is 0. The Kier molecular flexibility index (Phi) is 2.24. The van der Waals surface area contributed by atoms with Crippen LogP contribution in [0.5, 0.6) is 0 Å². The van der Waals surface area contributed by atoms with E-state index in [1.54, 1.807) is 6.08 Å². The molecular formula is C14H19NO2. The minimum atomic E-state index is -0.350. The molecule has 1 unspecified atom stereocenters. The van der Waals surface area contributed by atoms with E-state index < -0.39 is 0 Å². The topological polar surface area (TPSA) is 52.3 Å². The molecule has 1 aliphatic heterocycles. The minimum absolute atomic E-state index is 0.000417. The van der Waals surface area contributed by atoms with Gasteiger partial charge >= 0.3 is 0 Å². The summed E-state index contributed by atoms with van der Waals surface area (Å²) >= 11 is 0. The number of allylic oxidation sites excluding steroid dienone is 2. The summed E-state index contributed by atoms with van der Waals surface area (Å²) in [5.74, 6) is 2.00. The molecule has 17 heavy (non-hydrogen) atoms. The molecule has 1 heterocycles. The lowest BCUT2D eigenvalue weighted by molar-refractivity contribution is -0.128. The number of rotatable bonds is 0. The van der Waals surface area contributed by atoms with Crippen LogP contribution in [0.4, 0.5) is 0 Å². The molecule has 0 spiro atoms. The Morgan fingerprint density at radius 2 is 2.29 bits per heavy atom. The van der Waals surface area contributed by atoms with Crippen molar-refractivity contribution in [3.63, 3.8) is 0 Å². The first-order chi connectivity index (χ1) is 8.02. The SMILES string of the molecule is CC1COC2=C1C[C@H]1[C@H](N)C=CC(=O)[C@]1(C)C2. The van der Waals surface area contributed by atoms with Gasteiger partial charge in [0.25, 0.3) is 0 Å². The van der Waals surface area contributed by atoms with E-state index in [1.807, 2.05) is 13.0 Å². The highest BCUT2D eigenvalue weighted by Gasteiger charge is 2.50. The van der Waals surface area contributed by atoms with Crippen LogP contribution in [0.3, 0.4) is 0 Å². The fraction of sp³-hybridized carbons (Fsp3) is 0.643. The minimum Gasteiger partial charge on any atom is -0.497 e. The van der Waals surface area contributed by atoms with Gasteiger partial charge in [0.05, 0.1) is 12.4 Å². The lowest BCUT2D eigenvalue weighted by atomic mass is 9.60. The molecule has 0 amide bonds. The van der Waals surface area contributed by atoms with Gasteiger partial charge in [-0.3, -0.25) is 4.79 Å². The van der Waals surface area contributed by atoms with Crippen LogP contribution in [0.2, 0.25) is 0 Å². The van der Waals surface area contributed by atoms with Gasteiger partial charge in [0.2, 0.25) is 0 Å². The lowest BCUT2D eigenvalue weighted by Gasteiger charge is -2.44. The van der Waals surface area contributed by atoms with E-state index in [1.165, 1.54) is 5.57 Å². The fourth-order valence-corrected chi connectivity index (χ4v) is 3.45. The number of nitrogens with two attached hydrogens (primary N) is 1. The summed E-state index contributed by atoms with van der Waals surface area (Å²) in [6.45, 7) is 5.00. The van der Waals surface area contributed by atoms with E-state index in [0.29, 0.717) is 5.92 Å². The predicted octanol–water partition coefficient (Wildman–Crippen LogP) is 1.79. The van der Waals surface area contributed by atoms with E-state index >= 15 is 0 Å². The van der Waals surface area contributed by atoms with Crippen molar-refractivity contribution in [2.24, 2.45) is 23.0 Å². The molecule has 3 aliphatic rings. The van der Waals surface area contributed by atoms with E-state index in [9.17, 15) is 4.79 Å². The molecule has 92 valence electrons. The fourth-order valence-electron chi connectivity index (χ4n) is 3.45. The van der Waals surface area contributed by atoms with E-state index in [-0.39, 0.29) is 23.2 Å². The number of ketones is 1. The second-order valence-electron chi connectivity index (χ2n) is 5.87. The van der Waals surface area contributed by atoms with Crippen molar-refractivity contribution in [3.8, 4) is 0 Å². The van der Waals surface area contributed by atoms with Crippen LogP contribution < -0.4 is 5.73 Å². The van der Waals surface area contributed by atoms with Crippen molar-refractivity contribution in [1.29, 1.82) is 0 Å². The first-order valence-electron chi connectivity index (χ1n) is 6.35. The summed E-state index contributed by atoms with van der Waals surface area (Å²) in [6, 6.07) is -0.000417. The van der Waals surface area contributed by atoms with Crippen LogP contribution in [-0.4, -0.2) is 18.4 Å². The average Bonchev–Trinajstić information content (AvgIpc) is 2.64. The molecule has 0 aromatic carbocycles. The first kappa shape index (κ1) is 11.0. The van der Waals surface area contributed by atoms with Crippen LogP contribution in [0.25, 0.3) is 0 Å². The van der Waals surface area contributed by atoms with Gasteiger partial charge in [-0.15, -0.1) is 0 Å². The van der Waals surface area contributed by atoms with Crippen molar-refractivity contribution in [2.75, 3.05) is 6.61 Å². The Labute approximate surface area is 102 Å². The third-order valence-electron chi connectivity index (χ3n) is 4.74. The van der Waals surface area contributed by atoms with Crippen LogP contribution in [0, 0.1) is 17.3 Å². The van der Waals surface area contributed by atoms with Crippen LogP contribution >= 0.6 is 0 Å². The zero-order valence-corrected chi connectivity index (χ0v) is 10.4. The second kappa shape index (κ2) is 3.45. The van der Waals surface area contributed by atoms with Gasteiger partial charge in [-0.25, -0.2) is 0 Å². The van der Waals surface area contributed by atoms with Gasteiger partial charge in [0.1, 0.15) is 0 Å². The zero-order chi connectivity index (χ0) is 12.2. The molecule has 0 saturated heterocycles. The summed E-state index contributed by atoms with van der Waals surface area (Å²) in [4.78, 5) is 12.1.